The molecule has 1 N–H and O–H groups in total. The van der Waals surface area contributed by atoms with Crippen LogP contribution in [-0.2, 0) is 26.2 Å². The Morgan fingerprint density at radius 3 is 2.19 bits per heavy atom. The van der Waals surface area contributed by atoms with E-state index in [2.05, 4.69) is 5.32 Å². The number of anilines is 1. The lowest BCUT2D eigenvalue weighted by Gasteiger charge is -2.33. The van der Waals surface area contributed by atoms with Crippen molar-refractivity contribution in [1.82, 2.24) is 10.2 Å². The second-order valence-electron chi connectivity index (χ2n) is 10.4. The fourth-order valence-corrected chi connectivity index (χ4v) is 6.17. The average Bonchev–Trinajstić information content (AvgIpc) is 3.00. The summed E-state index contributed by atoms with van der Waals surface area (Å²) in [5.41, 5.74) is 3.11. The van der Waals surface area contributed by atoms with Gasteiger partial charge in [0.25, 0.3) is 10.0 Å². The number of amides is 2. The van der Waals surface area contributed by atoms with Crippen LogP contribution in [0, 0.1) is 13.8 Å². The molecule has 0 aliphatic heterocycles. The van der Waals surface area contributed by atoms with Gasteiger partial charge in [-0.05, 0) is 62.1 Å². The highest BCUT2D eigenvalue weighted by Crippen LogP contribution is 2.32. The lowest BCUT2D eigenvalue weighted by atomic mass is 10.1. The van der Waals surface area contributed by atoms with Gasteiger partial charge in [0.05, 0.1) is 24.8 Å². The maximum atomic E-state index is 14.2. The predicted molar refractivity (Wildman–Crippen MR) is 169 cm³/mol. The summed E-state index contributed by atoms with van der Waals surface area (Å²) in [5.74, 6) is -0.133. The number of hydrogen-bond acceptors (Lipinski definition) is 6. The van der Waals surface area contributed by atoms with Crippen LogP contribution in [0.1, 0.15) is 49.8 Å². The number of rotatable bonds is 15. The average molecular weight is 610 g/mol. The molecule has 1 atom stereocenters. The van der Waals surface area contributed by atoms with Crippen molar-refractivity contribution in [1.29, 1.82) is 0 Å². The Hall–Kier alpha value is -4.05. The van der Waals surface area contributed by atoms with Gasteiger partial charge in [0.15, 0.2) is 11.5 Å². The van der Waals surface area contributed by atoms with Crippen molar-refractivity contribution in [3.63, 3.8) is 0 Å². The molecule has 0 radical (unpaired) electrons. The zero-order valence-electron chi connectivity index (χ0n) is 25.9. The van der Waals surface area contributed by atoms with Crippen molar-refractivity contribution in [2.24, 2.45) is 0 Å². The monoisotopic (exact) mass is 609 g/mol. The minimum Gasteiger partial charge on any atom is -0.493 e. The van der Waals surface area contributed by atoms with Gasteiger partial charge < -0.3 is 19.7 Å². The lowest BCUT2D eigenvalue weighted by molar-refractivity contribution is -0.140. The number of aryl methyl sites for hydroxylation is 2. The zero-order valence-corrected chi connectivity index (χ0v) is 26.7. The highest BCUT2D eigenvalue weighted by molar-refractivity contribution is 7.92. The third-order valence-electron chi connectivity index (χ3n) is 7.36. The number of carbonyl (C=O) groups excluding carboxylic acids is 2. The van der Waals surface area contributed by atoms with Crippen LogP contribution in [-0.4, -0.2) is 58.5 Å². The fourth-order valence-electron chi connectivity index (χ4n) is 4.74. The van der Waals surface area contributed by atoms with Crippen LogP contribution in [0.5, 0.6) is 11.5 Å². The van der Waals surface area contributed by atoms with Gasteiger partial charge in [0.1, 0.15) is 12.6 Å². The van der Waals surface area contributed by atoms with E-state index in [1.165, 1.54) is 37.3 Å². The van der Waals surface area contributed by atoms with E-state index in [4.69, 9.17) is 9.47 Å². The Kier molecular flexibility index (Phi) is 12.0. The number of hydrogen-bond donors (Lipinski definition) is 1. The highest BCUT2D eigenvalue weighted by atomic mass is 32.2. The Morgan fingerprint density at radius 1 is 0.907 bits per heavy atom. The van der Waals surface area contributed by atoms with Crippen molar-refractivity contribution in [3.8, 4) is 11.5 Å². The minimum atomic E-state index is -4.25. The summed E-state index contributed by atoms with van der Waals surface area (Å²) >= 11 is 0. The number of carbonyl (C=O) groups is 2. The summed E-state index contributed by atoms with van der Waals surface area (Å²) in [6.07, 6.45) is 2.10. The molecular weight excluding hydrogens is 566 g/mol. The van der Waals surface area contributed by atoms with Gasteiger partial charge in [-0.3, -0.25) is 13.9 Å². The quantitative estimate of drug-likeness (QED) is 0.236. The first-order valence-corrected chi connectivity index (χ1v) is 15.9. The molecule has 0 fully saturated rings. The van der Waals surface area contributed by atoms with E-state index < -0.39 is 28.5 Å². The topological polar surface area (TPSA) is 105 Å². The maximum Gasteiger partial charge on any atom is 0.264 e. The minimum absolute atomic E-state index is 0.0617. The van der Waals surface area contributed by atoms with Crippen LogP contribution < -0.4 is 19.1 Å². The molecule has 0 saturated carbocycles. The van der Waals surface area contributed by atoms with Gasteiger partial charge in [-0.2, -0.15) is 0 Å². The first-order chi connectivity index (χ1) is 20.6. The standard InChI is InChI=1S/C33H43N3O6S/c1-7-9-20-34-33(38)29(8-2)35(22-26-13-11-10-12-25(26)4)32(37)23-36(27-16-14-24(3)15-17-27)43(39,40)28-18-19-30(41-5)31(21-28)42-6/h10-19,21,29H,7-9,20,22-23H2,1-6H3,(H,34,38)/t29-/m1/s1. The number of nitrogens with one attached hydrogen (secondary N) is 1. The third kappa shape index (κ3) is 8.28. The van der Waals surface area contributed by atoms with Crippen LogP contribution >= 0.6 is 0 Å². The predicted octanol–water partition coefficient (Wildman–Crippen LogP) is 5.24. The summed E-state index contributed by atoms with van der Waals surface area (Å²) in [7, 11) is -1.36. The van der Waals surface area contributed by atoms with Crippen LogP contribution in [0.15, 0.2) is 71.6 Å². The molecule has 0 bridgehead atoms. The van der Waals surface area contributed by atoms with E-state index in [0.717, 1.165) is 33.8 Å². The van der Waals surface area contributed by atoms with E-state index in [1.54, 1.807) is 24.3 Å². The van der Waals surface area contributed by atoms with Gasteiger partial charge in [-0.1, -0.05) is 62.2 Å². The molecule has 0 spiro atoms. The smallest absolute Gasteiger partial charge is 0.264 e. The molecule has 0 saturated heterocycles. The molecule has 2 amide bonds. The number of benzene rings is 3. The van der Waals surface area contributed by atoms with Gasteiger partial charge in [-0.25, -0.2) is 8.42 Å². The van der Waals surface area contributed by atoms with E-state index >= 15 is 0 Å². The normalized spacial score (nSPS) is 11.9. The maximum absolute atomic E-state index is 14.2. The molecular formula is C33H43N3O6S. The largest absolute Gasteiger partial charge is 0.493 e. The second-order valence-corrected chi connectivity index (χ2v) is 12.2. The van der Waals surface area contributed by atoms with Crippen LogP contribution in [0.4, 0.5) is 5.69 Å². The molecule has 9 nitrogen and oxygen atoms in total. The van der Waals surface area contributed by atoms with Crippen molar-refractivity contribution >= 4 is 27.5 Å². The fraction of sp³-hybridized carbons (Fsp3) is 0.394. The van der Waals surface area contributed by atoms with E-state index in [-0.39, 0.29) is 23.1 Å². The number of ether oxygens (including phenoxy) is 2. The van der Waals surface area contributed by atoms with Crippen molar-refractivity contribution < 1.29 is 27.5 Å². The summed E-state index contributed by atoms with van der Waals surface area (Å²) < 4.78 is 40.1. The summed E-state index contributed by atoms with van der Waals surface area (Å²) in [6.45, 7) is 7.88. The first kappa shape index (κ1) is 33.5. The van der Waals surface area contributed by atoms with E-state index in [0.29, 0.717) is 24.4 Å². The Bertz CT molecular complexity index is 1490. The molecule has 3 aromatic carbocycles. The Balaban J connectivity index is 2.08. The second kappa shape index (κ2) is 15.4. The van der Waals surface area contributed by atoms with Gasteiger partial charge in [-0.15, -0.1) is 0 Å². The van der Waals surface area contributed by atoms with Crippen LogP contribution in [0.2, 0.25) is 0 Å². The molecule has 0 heterocycles. The number of nitrogens with zero attached hydrogens (tertiary/aromatic N) is 2. The van der Waals surface area contributed by atoms with Crippen LogP contribution in [0.3, 0.4) is 0 Å². The van der Waals surface area contributed by atoms with Crippen LogP contribution in [0.25, 0.3) is 0 Å². The molecule has 3 aromatic rings. The molecule has 232 valence electrons. The highest BCUT2D eigenvalue weighted by Gasteiger charge is 2.34. The zero-order chi connectivity index (χ0) is 31.6. The number of sulfonamides is 1. The molecule has 43 heavy (non-hydrogen) atoms. The van der Waals surface area contributed by atoms with Gasteiger partial charge in [0.2, 0.25) is 11.8 Å². The lowest BCUT2D eigenvalue weighted by Crippen LogP contribution is -2.52. The van der Waals surface area contributed by atoms with Crippen molar-refractivity contribution in [2.75, 3.05) is 31.6 Å². The van der Waals surface area contributed by atoms with E-state index in [1.807, 2.05) is 52.0 Å². The van der Waals surface area contributed by atoms with Gasteiger partial charge in [0, 0.05) is 19.2 Å². The van der Waals surface area contributed by atoms with Crippen molar-refractivity contribution in [3.05, 3.63) is 83.4 Å². The third-order valence-corrected chi connectivity index (χ3v) is 9.13. The molecule has 10 heteroatoms. The Morgan fingerprint density at radius 2 is 1.58 bits per heavy atom. The number of methoxy groups -OCH3 is 2. The number of unbranched alkanes of at least 4 members (excludes halogenated alkanes) is 1. The summed E-state index contributed by atoms with van der Waals surface area (Å²) in [6, 6.07) is 18.1. The van der Waals surface area contributed by atoms with Gasteiger partial charge >= 0.3 is 0 Å². The van der Waals surface area contributed by atoms with Crippen molar-refractivity contribution in [2.45, 2.75) is 64.4 Å². The van der Waals surface area contributed by atoms with E-state index in [9.17, 15) is 18.0 Å². The molecule has 0 aliphatic rings. The summed E-state index contributed by atoms with van der Waals surface area (Å²) in [5, 5.41) is 2.95. The molecule has 0 unspecified atom stereocenters. The summed E-state index contributed by atoms with van der Waals surface area (Å²) in [4.78, 5) is 29.0. The Labute approximate surface area is 255 Å². The molecule has 0 aromatic heterocycles. The molecule has 3 rings (SSSR count). The molecule has 0 aliphatic carbocycles. The SMILES string of the molecule is CCCCNC(=O)[C@@H](CC)N(Cc1ccccc1C)C(=O)CN(c1ccc(C)cc1)S(=O)(=O)c1ccc(OC)c(OC)c1. The first-order valence-electron chi connectivity index (χ1n) is 14.5.